The molecule has 10 heteroatoms. The number of carbonyl (C=O) groups is 2. The van der Waals surface area contributed by atoms with E-state index in [2.05, 4.69) is 4.99 Å². The van der Waals surface area contributed by atoms with E-state index in [0.29, 0.717) is 15.8 Å². The van der Waals surface area contributed by atoms with Crippen molar-refractivity contribution >= 4 is 43.5 Å². The highest BCUT2D eigenvalue weighted by atomic mass is 32.2. The van der Waals surface area contributed by atoms with Gasteiger partial charge in [0, 0.05) is 5.56 Å². The first-order valence-electron chi connectivity index (χ1n) is 9.70. The smallest absolute Gasteiger partial charge is 0.325 e. The predicted molar refractivity (Wildman–Crippen MR) is 116 cm³/mol. The van der Waals surface area contributed by atoms with Gasteiger partial charge in [0.05, 0.1) is 22.2 Å². The molecule has 3 aromatic rings. The molecular formula is C21H21N3O5S2. The predicted octanol–water partition coefficient (Wildman–Crippen LogP) is 2.14. The number of primary sulfonamides is 1. The first-order valence-corrected chi connectivity index (χ1v) is 12.1. The second-order valence-electron chi connectivity index (χ2n) is 7.33. The molecule has 31 heavy (non-hydrogen) atoms. The number of carbonyl (C=O) groups excluding carboxylic acids is 2. The molecule has 1 amide bonds. The van der Waals surface area contributed by atoms with Gasteiger partial charge in [0.1, 0.15) is 6.54 Å². The summed E-state index contributed by atoms with van der Waals surface area (Å²) < 4.78 is 30.2. The number of hydrogen-bond donors (Lipinski definition) is 1. The van der Waals surface area contributed by atoms with Gasteiger partial charge in [-0.05, 0) is 67.1 Å². The van der Waals surface area contributed by atoms with Gasteiger partial charge in [0.2, 0.25) is 10.0 Å². The third-order valence-electron chi connectivity index (χ3n) is 5.29. The van der Waals surface area contributed by atoms with Crippen LogP contribution in [0.5, 0.6) is 0 Å². The summed E-state index contributed by atoms with van der Waals surface area (Å²) in [5.41, 5.74) is 3.47. The van der Waals surface area contributed by atoms with Gasteiger partial charge < -0.3 is 9.30 Å². The van der Waals surface area contributed by atoms with Gasteiger partial charge in [-0.1, -0.05) is 17.4 Å². The number of fused-ring (bicyclic) bond motifs is 2. The lowest BCUT2D eigenvalue weighted by Crippen LogP contribution is -2.22. The highest BCUT2D eigenvalue weighted by Crippen LogP contribution is 2.24. The summed E-state index contributed by atoms with van der Waals surface area (Å²) in [6, 6.07) is 9.93. The molecule has 2 aromatic carbocycles. The lowest BCUT2D eigenvalue weighted by molar-refractivity contribution is -0.141. The average Bonchev–Trinajstić information content (AvgIpc) is 3.08. The molecule has 0 atom stereocenters. The summed E-state index contributed by atoms with van der Waals surface area (Å²) in [4.78, 5) is 29.3. The molecule has 0 saturated carbocycles. The van der Waals surface area contributed by atoms with Crippen LogP contribution in [0.25, 0.3) is 10.2 Å². The molecule has 0 fully saturated rings. The van der Waals surface area contributed by atoms with Gasteiger partial charge in [-0.2, -0.15) is 4.99 Å². The number of aryl methyl sites for hydroxylation is 2. The molecule has 1 aromatic heterocycles. The number of amides is 1. The van der Waals surface area contributed by atoms with Gasteiger partial charge in [0.25, 0.3) is 5.91 Å². The van der Waals surface area contributed by atoms with Crippen LogP contribution in [-0.4, -0.2) is 32.0 Å². The van der Waals surface area contributed by atoms with Crippen molar-refractivity contribution in [2.24, 2.45) is 10.1 Å². The number of thiazole rings is 1. The largest absolute Gasteiger partial charge is 0.468 e. The first kappa shape index (κ1) is 21.4. The highest BCUT2D eigenvalue weighted by molar-refractivity contribution is 7.89. The lowest BCUT2D eigenvalue weighted by atomic mass is 9.90. The number of nitrogens with two attached hydrogens (primary N) is 1. The number of ether oxygens (including phenoxy) is 1. The summed E-state index contributed by atoms with van der Waals surface area (Å²) >= 11 is 1.11. The molecule has 162 valence electrons. The summed E-state index contributed by atoms with van der Waals surface area (Å²) in [6.45, 7) is -0.165. The second-order valence-corrected chi connectivity index (χ2v) is 9.90. The Labute approximate surface area is 183 Å². The highest BCUT2D eigenvalue weighted by Gasteiger charge is 2.17. The van der Waals surface area contributed by atoms with Crippen LogP contribution in [0.3, 0.4) is 0 Å². The zero-order valence-corrected chi connectivity index (χ0v) is 18.5. The normalized spacial score (nSPS) is 14.5. The van der Waals surface area contributed by atoms with Crippen molar-refractivity contribution in [3.05, 3.63) is 57.9 Å². The van der Waals surface area contributed by atoms with Crippen molar-refractivity contribution < 1.29 is 22.7 Å². The van der Waals surface area contributed by atoms with Gasteiger partial charge >= 0.3 is 5.97 Å². The summed E-state index contributed by atoms with van der Waals surface area (Å²) in [5.74, 6) is -0.942. The summed E-state index contributed by atoms with van der Waals surface area (Å²) in [5, 5.41) is 5.23. The molecule has 1 aliphatic rings. The molecule has 1 heterocycles. The summed E-state index contributed by atoms with van der Waals surface area (Å²) in [7, 11) is -2.62. The minimum atomic E-state index is -3.89. The Bertz CT molecular complexity index is 1370. The molecule has 0 bridgehead atoms. The van der Waals surface area contributed by atoms with Gasteiger partial charge in [-0.15, -0.1) is 0 Å². The average molecular weight is 460 g/mol. The third kappa shape index (κ3) is 4.46. The minimum Gasteiger partial charge on any atom is -0.468 e. The molecule has 0 unspecified atom stereocenters. The molecule has 1 aliphatic carbocycles. The monoisotopic (exact) mass is 459 g/mol. The third-order valence-corrected chi connectivity index (χ3v) is 7.24. The van der Waals surface area contributed by atoms with E-state index in [-0.39, 0.29) is 16.2 Å². The SMILES string of the molecule is COC(=O)Cn1c(=NC(=O)c2ccc3c(c2)CCCC3)sc2cc(S(N)(=O)=O)ccc21. The van der Waals surface area contributed by atoms with Crippen LogP contribution < -0.4 is 9.94 Å². The van der Waals surface area contributed by atoms with E-state index < -0.39 is 21.9 Å². The van der Waals surface area contributed by atoms with Gasteiger partial charge in [-0.3, -0.25) is 9.59 Å². The number of methoxy groups -OCH3 is 1. The fourth-order valence-corrected chi connectivity index (χ4v) is 5.36. The van der Waals surface area contributed by atoms with E-state index in [0.717, 1.165) is 37.0 Å². The lowest BCUT2D eigenvalue weighted by Gasteiger charge is -2.15. The molecular weight excluding hydrogens is 438 g/mol. The van der Waals surface area contributed by atoms with Crippen LogP contribution in [0, 0.1) is 0 Å². The van der Waals surface area contributed by atoms with E-state index in [1.807, 2.05) is 12.1 Å². The van der Waals surface area contributed by atoms with Crippen LogP contribution in [0.15, 0.2) is 46.3 Å². The van der Waals surface area contributed by atoms with E-state index in [4.69, 9.17) is 9.88 Å². The molecule has 4 rings (SSSR count). The van der Waals surface area contributed by atoms with E-state index >= 15 is 0 Å². The van der Waals surface area contributed by atoms with Crippen molar-refractivity contribution in [2.75, 3.05) is 7.11 Å². The Morgan fingerprint density at radius 2 is 1.87 bits per heavy atom. The number of hydrogen-bond acceptors (Lipinski definition) is 6. The summed E-state index contributed by atoms with van der Waals surface area (Å²) in [6.07, 6.45) is 4.21. The number of esters is 1. The van der Waals surface area contributed by atoms with Crippen molar-refractivity contribution in [1.82, 2.24) is 4.57 Å². The Morgan fingerprint density at radius 3 is 2.58 bits per heavy atom. The van der Waals surface area contributed by atoms with Crippen molar-refractivity contribution in [1.29, 1.82) is 0 Å². The first-order chi connectivity index (χ1) is 14.8. The van der Waals surface area contributed by atoms with Gasteiger partial charge in [0.15, 0.2) is 4.80 Å². The maximum absolute atomic E-state index is 12.9. The zero-order valence-electron chi connectivity index (χ0n) is 16.8. The Hall–Kier alpha value is -2.82. The number of rotatable bonds is 4. The van der Waals surface area contributed by atoms with Crippen LogP contribution in [0.2, 0.25) is 0 Å². The topological polar surface area (TPSA) is 121 Å². The standard InChI is InChI=1S/C21H21N3O5S2/c1-29-19(25)12-24-17-9-8-16(31(22,27)28)11-18(17)30-21(24)23-20(26)15-7-6-13-4-2-3-5-14(13)10-15/h6-11H,2-5,12H2,1H3,(H2,22,27,28). The van der Waals surface area contributed by atoms with Crippen LogP contribution >= 0.6 is 11.3 Å². The number of sulfonamides is 1. The van der Waals surface area contributed by atoms with Crippen LogP contribution in [-0.2, 0) is 38.9 Å². The zero-order chi connectivity index (χ0) is 22.2. The number of benzene rings is 2. The molecule has 0 radical (unpaired) electrons. The Balaban J connectivity index is 1.82. The quantitative estimate of drug-likeness (QED) is 0.599. The maximum atomic E-state index is 12.9. The van der Waals surface area contributed by atoms with Crippen molar-refractivity contribution in [3.63, 3.8) is 0 Å². The molecule has 2 N–H and O–H groups in total. The molecule has 8 nitrogen and oxygen atoms in total. The number of nitrogens with zero attached hydrogens (tertiary/aromatic N) is 2. The van der Waals surface area contributed by atoms with Crippen molar-refractivity contribution in [3.8, 4) is 0 Å². The van der Waals surface area contributed by atoms with E-state index in [1.54, 1.807) is 6.07 Å². The van der Waals surface area contributed by atoms with E-state index in [9.17, 15) is 18.0 Å². The molecule has 0 spiro atoms. The fourth-order valence-electron chi connectivity index (χ4n) is 3.68. The van der Waals surface area contributed by atoms with E-state index in [1.165, 1.54) is 41.0 Å². The Morgan fingerprint density at radius 1 is 1.13 bits per heavy atom. The van der Waals surface area contributed by atoms with Crippen LogP contribution in [0.1, 0.15) is 34.3 Å². The Kier molecular flexibility index (Phi) is 5.78. The minimum absolute atomic E-state index is 0.0565. The maximum Gasteiger partial charge on any atom is 0.325 e. The van der Waals surface area contributed by atoms with Crippen molar-refractivity contribution in [2.45, 2.75) is 37.1 Å². The fraction of sp³-hybridized carbons (Fsp3) is 0.286. The molecule has 0 saturated heterocycles. The second kappa shape index (κ2) is 8.37. The van der Waals surface area contributed by atoms with Gasteiger partial charge in [-0.25, -0.2) is 13.6 Å². The number of aromatic nitrogens is 1. The van der Waals surface area contributed by atoms with Crippen LogP contribution in [0.4, 0.5) is 0 Å². The molecule has 0 aliphatic heterocycles.